The third-order valence-electron chi connectivity index (χ3n) is 5.22. The molecule has 0 amide bonds. The van der Waals surface area contributed by atoms with Gasteiger partial charge in [-0.25, -0.2) is 0 Å². The van der Waals surface area contributed by atoms with Crippen LogP contribution in [0.15, 0.2) is 85.1 Å². The fourth-order valence-corrected chi connectivity index (χ4v) is 4.12. The fraction of sp³-hybridized carbons (Fsp3) is 0. The second kappa shape index (κ2) is 6.58. The van der Waals surface area contributed by atoms with Crippen LogP contribution in [0, 0.1) is 6.07 Å². The predicted octanol–water partition coefficient (Wildman–Crippen LogP) is 5.97. The molecule has 2 aliphatic rings. The van der Waals surface area contributed by atoms with Gasteiger partial charge in [-0.05, 0) is 35.0 Å². The van der Waals surface area contributed by atoms with Gasteiger partial charge in [0.15, 0.2) is 0 Å². The van der Waals surface area contributed by atoms with Crippen LogP contribution in [0.25, 0.3) is 22.4 Å². The van der Waals surface area contributed by atoms with E-state index in [1.54, 1.807) is 0 Å². The normalized spacial score (nSPS) is 12.9. The summed E-state index contributed by atoms with van der Waals surface area (Å²) in [7, 11) is 0. The van der Waals surface area contributed by atoms with Crippen molar-refractivity contribution in [3.05, 3.63) is 113 Å². The SMILES string of the molecule is [Pt].[c-]1cccc2c1-c1ncccc1C2=C1c2ccccc2Oc2ccccc21. The molecule has 28 heavy (non-hydrogen) atoms. The van der Waals surface area contributed by atoms with Crippen molar-refractivity contribution in [3.8, 4) is 22.8 Å². The van der Waals surface area contributed by atoms with E-state index in [1.165, 1.54) is 16.7 Å². The van der Waals surface area contributed by atoms with Crippen molar-refractivity contribution in [2.75, 3.05) is 0 Å². The van der Waals surface area contributed by atoms with E-state index in [0.717, 1.165) is 39.4 Å². The molecular formula is C25H14NOPt-. The van der Waals surface area contributed by atoms with Crippen molar-refractivity contribution < 1.29 is 25.8 Å². The summed E-state index contributed by atoms with van der Waals surface area (Å²) in [5.74, 6) is 1.77. The molecule has 0 fully saturated rings. The quantitative estimate of drug-likeness (QED) is 0.222. The third kappa shape index (κ3) is 2.35. The molecule has 1 aliphatic heterocycles. The Kier molecular flexibility index (Phi) is 4.03. The van der Waals surface area contributed by atoms with Crippen LogP contribution < -0.4 is 4.74 Å². The summed E-state index contributed by atoms with van der Waals surface area (Å²) in [5.41, 5.74) is 9.00. The number of hydrogen-bond acceptors (Lipinski definition) is 2. The number of nitrogens with zero attached hydrogens (tertiary/aromatic N) is 1. The summed E-state index contributed by atoms with van der Waals surface area (Å²) < 4.78 is 6.19. The summed E-state index contributed by atoms with van der Waals surface area (Å²) in [6.07, 6.45) is 1.85. The van der Waals surface area contributed by atoms with E-state index in [2.05, 4.69) is 47.4 Å². The maximum Gasteiger partial charge on any atom is 0.135 e. The van der Waals surface area contributed by atoms with Crippen LogP contribution in [0.3, 0.4) is 0 Å². The topological polar surface area (TPSA) is 22.1 Å². The van der Waals surface area contributed by atoms with E-state index in [0.29, 0.717) is 0 Å². The van der Waals surface area contributed by atoms with Crippen molar-refractivity contribution >= 4 is 11.1 Å². The molecule has 0 saturated heterocycles. The number of aromatic nitrogens is 1. The smallest absolute Gasteiger partial charge is 0.135 e. The van der Waals surface area contributed by atoms with Crippen molar-refractivity contribution in [1.29, 1.82) is 0 Å². The van der Waals surface area contributed by atoms with Gasteiger partial charge >= 0.3 is 0 Å². The molecule has 0 N–H and O–H groups in total. The van der Waals surface area contributed by atoms with Gasteiger partial charge in [0.05, 0.1) is 0 Å². The first-order valence-corrected chi connectivity index (χ1v) is 8.99. The van der Waals surface area contributed by atoms with Gasteiger partial charge in [0, 0.05) is 38.4 Å². The molecule has 6 rings (SSSR count). The minimum absolute atomic E-state index is 0. The molecule has 136 valence electrons. The Morgan fingerprint density at radius 3 is 2.00 bits per heavy atom. The molecule has 0 bridgehead atoms. The molecule has 0 saturated carbocycles. The minimum atomic E-state index is 0. The molecule has 0 atom stereocenters. The average Bonchev–Trinajstić information content (AvgIpc) is 3.06. The van der Waals surface area contributed by atoms with E-state index in [1.807, 2.05) is 48.7 Å². The first kappa shape index (κ1) is 17.2. The third-order valence-corrected chi connectivity index (χ3v) is 5.22. The standard InChI is InChI=1S/C25H14NO.Pt/c1-2-9-17-16(8-1)23(20-12-7-15-26-25(17)20)24-18-10-3-5-13-21(18)27-22-14-6-4-11-19(22)24;/h1-8,10-15H;/q-1;. The van der Waals surface area contributed by atoms with Crippen LogP contribution in [-0.2, 0) is 21.1 Å². The van der Waals surface area contributed by atoms with E-state index >= 15 is 0 Å². The average molecular weight is 539 g/mol. The van der Waals surface area contributed by atoms with Crippen molar-refractivity contribution in [2.24, 2.45) is 0 Å². The van der Waals surface area contributed by atoms with Gasteiger partial charge in [-0.1, -0.05) is 53.6 Å². The summed E-state index contributed by atoms with van der Waals surface area (Å²) in [4.78, 5) is 4.66. The molecular weight excluding hydrogens is 525 g/mol. The summed E-state index contributed by atoms with van der Waals surface area (Å²) in [5, 5.41) is 0. The first-order valence-electron chi connectivity index (χ1n) is 8.99. The van der Waals surface area contributed by atoms with Gasteiger partial charge in [-0.3, -0.25) is 0 Å². The second-order valence-corrected chi connectivity index (χ2v) is 6.70. The molecule has 3 heteroatoms. The number of benzene rings is 3. The van der Waals surface area contributed by atoms with Crippen LogP contribution in [-0.4, -0.2) is 4.98 Å². The van der Waals surface area contributed by atoms with E-state index < -0.39 is 0 Å². The van der Waals surface area contributed by atoms with Crippen LogP contribution >= 0.6 is 0 Å². The fourth-order valence-electron chi connectivity index (χ4n) is 4.12. The van der Waals surface area contributed by atoms with Crippen LogP contribution in [0.4, 0.5) is 0 Å². The van der Waals surface area contributed by atoms with Crippen molar-refractivity contribution in [1.82, 2.24) is 4.98 Å². The van der Waals surface area contributed by atoms with Crippen LogP contribution in [0.1, 0.15) is 22.3 Å². The Balaban J connectivity index is 0.00000171. The number of pyridine rings is 1. The summed E-state index contributed by atoms with van der Waals surface area (Å²) >= 11 is 0. The van der Waals surface area contributed by atoms with Crippen molar-refractivity contribution in [3.63, 3.8) is 0 Å². The Bertz CT molecular complexity index is 1160. The van der Waals surface area contributed by atoms with Gasteiger partial charge in [0.25, 0.3) is 0 Å². The predicted molar refractivity (Wildman–Crippen MR) is 106 cm³/mol. The zero-order chi connectivity index (χ0) is 17.8. The molecule has 0 radical (unpaired) electrons. The molecule has 1 aromatic heterocycles. The molecule has 3 aromatic carbocycles. The Morgan fingerprint density at radius 2 is 1.25 bits per heavy atom. The zero-order valence-corrected chi connectivity index (χ0v) is 17.0. The first-order chi connectivity index (χ1) is 13.4. The van der Waals surface area contributed by atoms with Gasteiger partial charge in [0.2, 0.25) is 0 Å². The van der Waals surface area contributed by atoms with Gasteiger partial charge in [-0.2, -0.15) is 0 Å². The number of rotatable bonds is 0. The molecule has 2 nitrogen and oxygen atoms in total. The number of para-hydroxylation sites is 2. The zero-order valence-electron chi connectivity index (χ0n) is 14.8. The van der Waals surface area contributed by atoms with E-state index in [-0.39, 0.29) is 21.1 Å². The summed E-state index contributed by atoms with van der Waals surface area (Å²) in [6.45, 7) is 0. The molecule has 2 heterocycles. The summed E-state index contributed by atoms with van der Waals surface area (Å²) in [6, 6.07) is 30.2. The van der Waals surface area contributed by atoms with E-state index in [9.17, 15) is 0 Å². The van der Waals surface area contributed by atoms with Gasteiger partial charge in [0.1, 0.15) is 11.5 Å². The number of ether oxygens (including phenoxy) is 1. The Hall–Kier alpha value is -2.96. The largest absolute Gasteiger partial charge is 0.456 e. The number of fused-ring (bicyclic) bond motifs is 5. The Morgan fingerprint density at radius 1 is 0.643 bits per heavy atom. The Labute approximate surface area is 177 Å². The maximum absolute atomic E-state index is 6.19. The molecule has 0 unspecified atom stereocenters. The molecule has 4 aromatic rings. The number of hydrogen-bond donors (Lipinski definition) is 0. The molecule has 0 spiro atoms. The van der Waals surface area contributed by atoms with Crippen LogP contribution in [0.2, 0.25) is 0 Å². The van der Waals surface area contributed by atoms with Gasteiger partial charge < -0.3 is 9.72 Å². The van der Waals surface area contributed by atoms with Crippen LogP contribution in [0.5, 0.6) is 11.5 Å². The second-order valence-electron chi connectivity index (χ2n) is 6.70. The monoisotopic (exact) mass is 539 g/mol. The van der Waals surface area contributed by atoms with Crippen molar-refractivity contribution in [2.45, 2.75) is 0 Å². The van der Waals surface area contributed by atoms with Gasteiger partial charge in [-0.15, -0.1) is 29.8 Å². The maximum atomic E-state index is 6.19. The van der Waals surface area contributed by atoms with E-state index in [4.69, 9.17) is 4.74 Å². The minimum Gasteiger partial charge on any atom is -0.456 e. The molecule has 1 aliphatic carbocycles.